The maximum atomic E-state index is 12.9. The normalized spacial score (nSPS) is 17.5. The van der Waals surface area contributed by atoms with Gasteiger partial charge in [-0.05, 0) is 25.5 Å². The summed E-state index contributed by atoms with van der Waals surface area (Å²) in [7, 11) is 0. The SMILES string of the molecule is Cc1cccc(C(=O)N2CCCN(CC(=O)N3CCN(c4oc(C)nc4C#N)CC3)CC2)c1. The molecule has 4 rings (SSSR count). The summed E-state index contributed by atoms with van der Waals surface area (Å²) in [6.45, 7) is 9.24. The van der Waals surface area contributed by atoms with Gasteiger partial charge in [0, 0.05) is 64.8 Å². The van der Waals surface area contributed by atoms with E-state index in [0.29, 0.717) is 69.8 Å². The van der Waals surface area contributed by atoms with Crippen LogP contribution in [0.1, 0.15) is 33.9 Å². The van der Waals surface area contributed by atoms with Crippen molar-refractivity contribution in [3.05, 3.63) is 47.0 Å². The van der Waals surface area contributed by atoms with E-state index in [-0.39, 0.29) is 11.8 Å². The smallest absolute Gasteiger partial charge is 0.253 e. The minimum Gasteiger partial charge on any atom is -0.424 e. The molecule has 2 aliphatic rings. The van der Waals surface area contributed by atoms with Crippen molar-refractivity contribution >= 4 is 17.7 Å². The van der Waals surface area contributed by atoms with Crippen molar-refractivity contribution in [1.29, 1.82) is 5.26 Å². The number of nitriles is 1. The number of hydrogen-bond donors (Lipinski definition) is 0. The number of hydrogen-bond acceptors (Lipinski definition) is 7. The van der Waals surface area contributed by atoms with Crippen molar-refractivity contribution in [2.75, 3.05) is 63.8 Å². The van der Waals surface area contributed by atoms with E-state index in [0.717, 1.165) is 24.1 Å². The molecule has 33 heavy (non-hydrogen) atoms. The Hall–Kier alpha value is -3.38. The summed E-state index contributed by atoms with van der Waals surface area (Å²) in [6, 6.07) is 9.76. The van der Waals surface area contributed by atoms with Crippen LogP contribution in [0.2, 0.25) is 0 Å². The van der Waals surface area contributed by atoms with Crippen LogP contribution in [0.4, 0.5) is 5.88 Å². The van der Waals surface area contributed by atoms with Crippen molar-refractivity contribution in [2.45, 2.75) is 20.3 Å². The van der Waals surface area contributed by atoms with Crippen molar-refractivity contribution in [3.63, 3.8) is 0 Å². The topological polar surface area (TPSA) is 96.9 Å². The Bertz CT molecular complexity index is 1050. The van der Waals surface area contributed by atoms with E-state index in [1.807, 2.05) is 45.9 Å². The maximum Gasteiger partial charge on any atom is 0.253 e. The fraction of sp³-hybridized carbons (Fsp3) is 0.500. The summed E-state index contributed by atoms with van der Waals surface area (Å²) < 4.78 is 5.59. The summed E-state index contributed by atoms with van der Waals surface area (Å²) in [5.41, 5.74) is 2.09. The number of carbonyl (C=O) groups excluding carboxylic acids is 2. The number of benzene rings is 1. The predicted octanol–water partition coefficient (Wildman–Crippen LogP) is 1.66. The molecule has 0 unspecified atom stereocenters. The van der Waals surface area contributed by atoms with Gasteiger partial charge in [-0.1, -0.05) is 17.7 Å². The number of oxazole rings is 1. The highest BCUT2D eigenvalue weighted by atomic mass is 16.4. The zero-order valence-electron chi connectivity index (χ0n) is 19.3. The zero-order valence-corrected chi connectivity index (χ0v) is 19.3. The molecule has 2 aromatic rings. The lowest BCUT2D eigenvalue weighted by atomic mass is 10.1. The third-order valence-corrected chi connectivity index (χ3v) is 6.24. The Kier molecular flexibility index (Phi) is 6.94. The standard InChI is InChI=1S/C24H30N6O3/c1-18-5-3-6-20(15-18)23(32)29-8-4-7-27(9-10-29)17-22(31)28-11-13-30(14-12-28)24-21(16-25)26-19(2)33-24/h3,5-6,15H,4,7-14,17H2,1-2H3. The average molecular weight is 451 g/mol. The maximum absolute atomic E-state index is 12.9. The van der Waals surface area contributed by atoms with Gasteiger partial charge >= 0.3 is 0 Å². The van der Waals surface area contributed by atoms with Crippen LogP contribution in [0.5, 0.6) is 0 Å². The zero-order chi connectivity index (χ0) is 23.4. The van der Waals surface area contributed by atoms with Gasteiger partial charge in [-0.15, -0.1) is 0 Å². The molecular formula is C24H30N6O3. The molecule has 9 nitrogen and oxygen atoms in total. The minimum absolute atomic E-state index is 0.0578. The molecule has 2 amide bonds. The van der Waals surface area contributed by atoms with E-state index in [2.05, 4.69) is 16.0 Å². The lowest BCUT2D eigenvalue weighted by Gasteiger charge is -2.35. The number of carbonyl (C=O) groups is 2. The van der Waals surface area contributed by atoms with Gasteiger partial charge in [0.2, 0.25) is 17.5 Å². The molecule has 0 saturated carbocycles. The van der Waals surface area contributed by atoms with E-state index in [1.165, 1.54) is 0 Å². The van der Waals surface area contributed by atoms with Crippen LogP contribution in [-0.2, 0) is 4.79 Å². The largest absolute Gasteiger partial charge is 0.424 e. The molecule has 1 aromatic carbocycles. The van der Waals surface area contributed by atoms with Crippen LogP contribution in [0.3, 0.4) is 0 Å². The number of aromatic nitrogens is 1. The first kappa shape index (κ1) is 22.8. The number of amides is 2. The van der Waals surface area contributed by atoms with Gasteiger partial charge in [-0.25, -0.2) is 4.98 Å². The van der Waals surface area contributed by atoms with E-state index in [4.69, 9.17) is 4.42 Å². The number of rotatable bonds is 4. The number of anilines is 1. The van der Waals surface area contributed by atoms with Crippen LogP contribution in [0, 0.1) is 25.2 Å². The Morgan fingerprint density at radius 2 is 1.79 bits per heavy atom. The van der Waals surface area contributed by atoms with Gasteiger partial charge in [-0.2, -0.15) is 5.26 Å². The summed E-state index contributed by atoms with van der Waals surface area (Å²) in [5.74, 6) is 1.12. The molecule has 0 radical (unpaired) electrons. The number of aryl methyl sites for hydroxylation is 2. The first-order valence-electron chi connectivity index (χ1n) is 11.4. The lowest BCUT2D eigenvalue weighted by Crippen LogP contribution is -2.51. The van der Waals surface area contributed by atoms with Gasteiger partial charge < -0.3 is 19.1 Å². The first-order chi connectivity index (χ1) is 15.9. The molecule has 3 heterocycles. The first-order valence-corrected chi connectivity index (χ1v) is 11.4. The third kappa shape index (κ3) is 5.34. The monoisotopic (exact) mass is 450 g/mol. The fourth-order valence-electron chi connectivity index (χ4n) is 4.45. The van der Waals surface area contributed by atoms with Crippen LogP contribution in [0.25, 0.3) is 0 Å². The van der Waals surface area contributed by atoms with Gasteiger partial charge in [0.25, 0.3) is 5.91 Å². The van der Waals surface area contributed by atoms with E-state index < -0.39 is 0 Å². The van der Waals surface area contributed by atoms with Crippen LogP contribution >= 0.6 is 0 Å². The van der Waals surface area contributed by atoms with Crippen LogP contribution in [0.15, 0.2) is 28.7 Å². The molecule has 2 saturated heterocycles. The molecule has 1 aromatic heterocycles. The minimum atomic E-state index is 0.0578. The highest BCUT2D eigenvalue weighted by molar-refractivity contribution is 5.94. The fourth-order valence-corrected chi connectivity index (χ4v) is 4.45. The predicted molar refractivity (Wildman–Crippen MR) is 123 cm³/mol. The van der Waals surface area contributed by atoms with Gasteiger partial charge in [-0.3, -0.25) is 14.5 Å². The quantitative estimate of drug-likeness (QED) is 0.699. The Balaban J connectivity index is 1.27. The number of piperazine rings is 1. The highest BCUT2D eigenvalue weighted by Gasteiger charge is 2.27. The Morgan fingerprint density at radius 3 is 2.52 bits per heavy atom. The van der Waals surface area contributed by atoms with Crippen molar-refractivity contribution in [1.82, 2.24) is 19.7 Å². The molecule has 174 valence electrons. The Labute approximate surface area is 194 Å². The second-order valence-corrected chi connectivity index (χ2v) is 8.66. The van der Waals surface area contributed by atoms with E-state index in [1.54, 1.807) is 6.92 Å². The molecule has 0 atom stereocenters. The molecular weight excluding hydrogens is 420 g/mol. The molecule has 0 spiro atoms. The molecule has 2 aliphatic heterocycles. The molecule has 0 aliphatic carbocycles. The van der Waals surface area contributed by atoms with Crippen LogP contribution in [-0.4, -0.2) is 90.4 Å². The van der Waals surface area contributed by atoms with Gasteiger partial charge in [0.1, 0.15) is 6.07 Å². The average Bonchev–Trinajstić information content (AvgIpc) is 3.05. The van der Waals surface area contributed by atoms with Crippen LogP contribution < -0.4 is 4.90 Å². The van der Waals surface area contributed by atoms with Gasteiger partial charge in [0.15, 0.2) is 5.89 Å². The molecule has 2 fully saturated rings. The molecule has 9 heteroatoms. The van der Waals surface area contributed by atoms with E-state index >= 15 is 0 Å². The highest BCUT2D eigenvalue weighted by Crippen LogP contribution is 2.22. The second kappa shape index (κ2) is 10.0. The van der Waals surface area contributed by atoms with Crippen molar-refractivity contribution in [2.24, 2.45) is 0 Å². The lowest BCUT2D eigenvalue weighted by molar-refractivity contribution is -0.132. The summed E-state index contributed by atoms with van der Waals surface area (Å²) in [6.07, 6.45) is 0.848. The molecule has 0 bridgehead atoms. The van der Waals surface area contributed by atoms with E-state index in [9.17, 15) is 14.9 Å². The summed E-state index contributed by atoms with van der Waals surface area (Å²) >= 11 is 0. The van der Waals surface area contributed by atoms with Crippen molar-refractivity contribution in [3.8, 4) is 6.07 Å². The number of nitrogens with zero attached hydrogens (tertiary/aromatic N) is 6. The molecule has 0 N–H and O–H groups in total. The summed E-state index contributed by atoms with van der Waals surface area (Å²) in [4.78, 5) is 37.8. The third-order valence-electron chi connectivity index (χ3n) is 6.24. The Morgan fingerprint density at radius 1 is 1.03 bits per heavy atom. The van der Waals surface area contributed by atoms with Crippen molar-refractivity contribution < 1.29 is 14.0 Å². The second-order valence-electron chi connectivity index (χ2n) is 8.66. The summed E-state index contributed by atoms with van der Waals surface area (Å²) in [5, 5.41) is 9.24. The van der Waals surface area contributed by atoms with Gasteiger partial charge in [0.05, 0.1) is 6.54 Å².